The molecule has 3 nitrogen and oxygen atoms in total. The van der Waals surface area contributed by atoms with Gasteiger partial charge in [-0.2, -0.15) is 0 Å². The molecule has 0 N–H and O–H groups in total. The molecule has 1 unspecified atom stereocenters. The van der Waals surface area contributed by atoms with E-state index in [1.165, 1.54) is 17.6 Å². The quantitative estimate of drug-likeness (QED) is 0.852. The van der Waals surface area contributed by atoms with Gasteiger partial charge >= 0.3 is 0 Å². The molecule has 0 aliphatic rings. The number of thiazole rings is 1. The Balaban J connectivity index is 2.41. The lowest BCUT2D eigenvalue weighted by Gasteiger charge is -2.04. The lowest BCUT2D eigenvalue weighted by Crippen LogP contribution is -2.07. The van der Waals surface area contributed by atoms with E-state index in [0.29, 0.717) is 5.01 Å². The van der Waals surface area contributed by atoms with E-state index in [2.05, 4.69) is 20.9 Å². The number of rotatable bonds is 3. The molecule has 1 atom stereocenters. The third kappa shape index (κ3) is 2.81. The maximum Gasteiger partial charge on any atom is 0.156 e. The second-order valence-corrected chi connectivity index (χ2v) is 8.13. The number of hydrogen-bond acceptors (Lipinski definition) is 4. The lowest BCUT2D eigenvalue weighted by molar-refractivity contribution is 0.592. The van der Waals surface area contributed by atoms with E-state index in [0.717, 1.165) is 15.7 Å². The van der Waals surface area contributed by atoms with Crippen LogP contribution >= 0.6 is 27.3 Å². The SMILES string of the molecule is CC(c1nc(-c2ccccc2Br)cs1)S(C)(=O)=O. The molecule has 0 bridgehead atoms. The van der Waals surface area contributed by atoms with Crippen molar-refractivity contribution in [2.24, 2.45) is 0 Å². The van der Waals surface area contributed by atoms with Gasteiger partial charge in [0.25, 0.3) is 0 Å². The Bertz CT molecular complexity index is 664. The standard InChI is InChI=1S/C12H12BrNO2S2/c1-8(18(2,15)16)12-14-11(7-17-12)9-5-3-4-6-10(9)13/h3-8H,1-2H3. The van der Waals surface area contributed by atoms with Crippen LogP contribution in [0.4, 0.5) is 0 Å². The summed E-state index contributed by atoms with van der Waals surface area (Å²) < 4.78 is 24.0. The summed E-state index contributed by atoms with van der Waals surface area (Å²) in [6.07, 6.45) is 1.23. The zero-order valence-corrected chi connectivity index (χ0v) is 13.1. The molecule has 6 heteroatoms. The first-order chi connectivity index (χ1) is 8.39. The van der Waals surface area contributed by atoms with Gasteiger partial charge in [0.1, 0.15) is 10.3 Å². The number of benzene rings is 1. The summed E-state index contributed by atoms with van der Waals surface area (Å²) in [6.45, 7) is 1.66. The minimum absolute atomic E-state index is 0.557. The molecular weight excluding hydrogens is 334 g/mol. The van der Waals surface area contributed by atoms with Crippen LogP contribution in [0.5, 0.6) is 0 Å². The molecular formula is C12H12BrNO2S2. The highest BCUT2D eigenvalue weighted by atomic mass is 79.9. The monoisotopic (exact) mass is 345 g/mol. The molecule has 1 heterocycles. The van der Waals surface area contributed by atoms with Crippen molar-refractivity contribution in [3.63, 3.8) is 0 Å². The predicted molar refractivity (Wildman–Crippen MR) is 78.5 cm³/mol. The molecule has 0 radical (unpaired) electrons. The van der Waals surface area contributed by atoms with Crippen molar-refractivity contribution in [2.45, 2.75) is 12.2 Å². The van der Waals surface area contributed by atoms with Crippen molar-refractivity contribution in [1.29, 1.82) is 0 Å². The Morgan fingerprint density at radius 3 is 2.61 bits per heavy atom. The van der Waals surface area contributed by atoms with E-state index in [4.69, 9.17) is 0 Å². The fourth-order valence-corrected chi connectivity index (χ4v) is 3.80. The van der Waals surface area contributed by atoms with Crippen molar-refractivity contribution in [3.8, 4) is 11.3 Å². The van der Waals surface area contributed by atoms with Crippen molar-refractivity contribution in [3.05, 3.63) is 39.1 Å². The fraction of sp³-hybridized carbons (Fsp3) is 0.250. The zero-order chi connectivity index (χ0) is 13.3. The number of sulfone groups is 1. The first-order valence-electron chi connectivity index (χ1n) is 5.29. The van der Waals surface area contributed by atoms with E-state index in [-0.39, 0.29) is 0 Å². The number of halogens is 1. The molecule has 2 aromatic rings. The number of hydrogen-bond donors (Lipinski definition) is 0. The summed E-state index contributed by atoms with van der Waals surface area (Å²) in [5.74, 6) is 0. The molecule has 2 rings (SSSR count). The second kappa shape index (κ2) is 5.11. The van der Waals surface area contributed by atoms with E-state index in [1.807, 2.05) is 29.6 Å². The Hall–Kier alpha value is -0.720. The van der Waals surface area contributed by atoms with Gasteiger partial charge in [0.15, 0.2) is 9.84 Å². The van der Waals surface area contributed by atoms with Gasteiger partial charge in [-0.1, -0.05) is 34.1 Å². The molecule has 0 aliphatic carbocycles. The third-order valence-corrected chi connectivity index (χ3v) is 6.04. The topological polar surface area (TPSA) is 47.0 Å². The van der Waals surface area contributed by atoms with Crippen molar-refractivity contribution in [1.82, 2.24) is 4.98 Å². The smallest absolute Gasteiger partial charge is 0.156 e. The van der Waals surface area contributed by atoms with E-state index >= 15 is 0 Å². The van der Waals surface area contributed by atoms with Gasteiger partial charge < -0.3 is 0 Å². The molecule has 0 spiro atoms. The Morgan fingerprint density at radius 1 is 1.33 bits per heavy atom. The van der Waals surface area contributed by atoms with Gasteiger partial charge in [-0.3, -0.25) is 0 Å². The van der Waals surface area contributed by atoms with Crippen LogP contribution in [0.3, 0.4) is 0 Å². The van der Waals surface area contributed by atoms with Crippen LogP contribution in [0, 0.1) is 0 Å². The van der Waals surface area contributed by atoms with Gasteiger partial charge in [-0.05, 0) is 13.0 Å². The summed E-state index contributed by atoms with van der Waals surface area (Å²) in [5, 5.41) is 1.96. The van der Waals surface area contributed by atoms with Gasteiger partial charge in [-0.15, -0.1) is 11.3 Å². The highest BCUT2D eigenvalue weighted by Gasteiger charge is 2.21. The van der Waals surface area contributed by atoms with Crippen molar-refractivity contribution in [2.75, 3.05) is 6.26 Å². The first-order valence-corrected chi connectivity index (χ1v) is 8.91. The number of aromatic nitrogens is 1. The van der Waals surface area contributed by atoms with Gasteiger partial charge in [0.05, 0.1) is 5.69 Å². The average molecular weight is 346 g/mol. The molecule has 0 amide bonds. The Labute approximate surface area is 119 Å². The molecule has 0 fully saturated rings. The normalized spacial score (nSPS) is 13.5. The Morgan fingerprint density at radius 2 is 2.00 bits per heavy atom. The molecule has 18 heavy (non-hydrogen) atoms. The minimum atomic E-state index is -3.10. The molecule has 0 saturated carbocycles. The van der Waals surface area contributed by atoms with Crippen LogP contribution < -0.4 is 0 Å². The highest BCUT2D eigenvalue weighted by molar-refractivity contribution is 9.10. The summed E-state index contributed by atoms with van der Waals surface area (Å²) >= 11 is 4.84. The van der Waals surface area contributed by atoms with Crippen LogP contribution in [-0.2, 0) is 9.84 Å². The summed E-state index contributed by atoms with van der Waals surface area (Å²) in [5.41, 5.74) is 1.78. The van der Waals surface area contributed by atoms with Crippen LogP contribution in [0.2, 0.25) is 0 Å². The molecule has 0 saturated heterocycles. The zero-order valence-electron chi connectivity index (χ0n) is 9.92. The van der Waals surface area contributed by atoms with Crippen LogP contribution in [0.25, 0.3) is 11.3 Å². The van der Waals surface area contributed by atoms with Crippen LogP contribution in [0.15, 0.2) is 34.1 Å². The van der Waals surface area contributed by atoms with Crippen molar-refractivity contribution < 1.29 is 8.42 Å². The molecule has 0 aliphatic heterocycles. The summed E-state index contributed by atoms with van der Waals surface area (Å²) in [7, 11) is -3.10. The summed E-state index contributed by atoms with van der Waals surface area (Å²) in [6, 6.07) is 7.75. The van der Waals surface area contributed by atoms with Crippen LogP contribution in [-0.4, -0.2) is 19.7 Å². The van der Waals surface area contributed by atoms with E-state index in [1.54, 1.807) is 6.92 Å². The maximum atomic E-state index is 11.5. The summed E-state index contributed by atoms with van der Waals surface area (Å²) in [4.78, 5) is 4.42. The Kier molecular flexibility index (Phi) is 3.89. The second-order valence-electron chi connectivity index (χ2n) is 4.02. The van der Waals surface area contributed by atoms with E-state index in [9.17, 15) is 8.42 Å². The van der Waals surface area contributed by atoms with Gasteiger partial charge in [0.2, 0.25) is 0 Å². The average Bonchev–Trinajstić information content (AvgIpc) is 2.76. The predicted octanol–water partition coefficient (Wildman–Crippen LogP) is 3.68. The van der Waals surface area contributed by atoms with Gasteiger partial charge in [-0.25, -0.2) is 13.4 Å². The number of nitrogens with zero attached hydrogens (tertiary/aromatic N) is 1. The fourth-order valence-electron chi connectivity index (χ4n) is 1.45. The molecule has 1 aromatic heterocycles. The third-order valence-electron chi connectivity index (χ3n) is 2.66. The largest absolute Gasteiger partial charge is 0.240 e. The van der Waals surface area contributed by atoms with Crippen LogP contribution in [0.1, 0.15) is 17.2 Å². The maximum absolute atomic E-state index is 11.5. The lowest BCUT2D eigenvalue weighted by atomic mass is 10.2. The van der Waals surface area contributed by atoms with Gasteiger partial charge in [0, 0.05) is 21.7 Å². The first kappa shape index (κ1) is 13.7. The van der Waals surface area contributed by atoms with Crippen molar-refractivity contribution >= 4 is 37.1 Å². The minimum Gasteiger partial charge on any atom is -0.240 e. The molecule has 1 aromatic carbocycles. The highest BCUT2D eigenvalue weighted by Crippen LogP contribution is 2.32. The molecule has 96 valence electrons. The van der Waals surface area contributed by atoms with E-state index < -0.39 is 15.1 Å².